The maximum atomic E-state index is 11.0. The van der Waals surface area contributed by atoms with Crippen LogP contribution in [0.25, 0.3) is 44.6 Å². The van der Waals surface area contributed by atoms with Gasteiger partial charge in [-0.25, -0.2) is 19.9 Å². The smallest absolute Gasteiger partial charge is 0.162 e. The fourth-order valence-electron chi connectivity index (χ4n) is 4.70. The molecule has 0 fully saturated rings. The summed E-state index contributed by atoms with van der Waals surface area (Å²) in [6.45, 7) is -0.777. The van der Waals surface area contributed by atoms with Crippen LogP contribution in [0.5, 0.6) is 0 Å². The van der Waals surface area contributed by atoms with E-state index in [1.165, 1.54) is 6.21 Å². The van der Waals surface area contributed by atoms with E-state index < -0.39 is 24.9 Å². The molecular weight excluding hydrogens is 584 g/mol. The van der Waals surface area contributed by atoms with Gasteiger partial charge in [-0.15, -0.1) is 0 Å². The molecular formula is C34H30N8O4. The molecule has 0 bridgehead atoms. The topological polar surface area (TPSA) is 181 Å². The molecule has 6 N–H and O–H groups in total. The van der Waals surface area contributed by atoms with Gasteiger partial charge in [-0.3, -0.25) is 10.9 Å². The van der Waals surface area contributed by atoms with Crippen molar-refractivity contribution in [1.29, 1.82) is 0 Å². The second-order valence-electron chi connectivity index (χ2n) is 10.3. The molecule has 230 valence electrons. The summed E-state index contributed by atoms with van der Waals surface area (Å²) in [5, 5.41) is 51.0. The number of para-hydroxylation sites is 2. The lowest BCUT2D eigenvalue weighted by Crippen LogP contribution is -2.44. The van der Waals surface area contributed by atoms with Gasteiger partial charge in [0.25, 0.3) is 0 Å². The molecule has 0 aliphatic heterocycles. The molecule has 0 amide bonds. The molecule has 0 saturated carbocycles. The summed E-state index contributed by atoms with van der Waals surface area (Å²) >= 11 is 0. The number of aliphatic hydroxyl groups is 4. The Morgan fingerprint density at radius 2 is 1.11 bits per heavy atom. The van der Waals surface area contributed by atoms with Gasteiger partial charge >= 0.3 is 0 Å². The SMILES string of the molecule is OC[C@@H](O)[C@@H](O)[C@H](O)C(/C=N/Nc1nc(-c2ccccc2)nc2ccccc12)=N\Nc1nc(-c2ccccc2)nc2ccccc12. The van der Waals surface area contributed by atoms with Crippen molar-refractivity contribution in [2.45, 2.75) is 18.3 Å². The van der Waals surface area contributed by atoms with Gasteiger partial charge in [0, 0.05) is 21.9 Å². The minimum Gasteiger partial charge on any atom is -0.394 e. The first kappa shape index (κ1) is 30.4. The van der Waals surface area contributed by atoms with Crippen molar-refractivity contribution in [3.8, 4) is 22.8 Å². The molecule has 12 nitrogen and oxygen atoms in total. The molecule has 46 heavy (non-hydrogen) atoms. The number of rotatable bonds is 11. The van der Waals surface area contributed by atoms with E-state index in [0.29, 0.717) is 45.1 Å². The van der Waals surface area contributed by atoms with Crippen LogP contribution in [0.4, 0.5) is 11.6 Å². The van der Waals surface area contributed by atoms with Gasteiger partial charge < -0.3 is 20.4 Å². The summed E-state index contributed by atoms with van der Waals surface area (Å²) in [6, 6.07) is 33.7. The van der Waals surface area contributed by atoms with Crippen LogP contribution in [-0.4, -0.2) is 77.2 Å². The van der Waals surface area contributed by atoms with Crippen LogP contribution in [0.2, 0.25) is 0 Å². The zero-order valence-electron chi connectivity index (χ0n) is 24.4. The Balaban J connectivity index is 1.36. The number of hydrogen-bond donors (Lipinski definition) is 6. The third-order valence-electron chi connectivity index (χ3n) is 7.14. The van der Waals surface area contributed by atoms with Gasteiger partial charge in [-0.1, -0.05) is 84.9 Å². The number of nitrogens with zero attached hydrogens (tertiary/aromatic N) is 6. The van der Waals surface area contributed by atoms with Gasteiger partial charge in [-0.05, 0) is 24.3 Å². The van der Waals surface area contributed by atoms with Crippen LogP contribution in [0.15, 0.2) is 119 Å². The standard InChI is InChI=1S/C34H30N8O4/c43-20-28(44)30(46)29(45)27(40-42-34-24-16-8-10-18-26(24)37-32(39-34)22-13-5-2-6-14-22)19-35-41-33-23-15-7-9-17-25(23)36-31(38-33)21-11-3-1-4-12-21/h1-19,28-30,43-46H,20H2,(H,36,38,41)(H,37,39,42)/b35-19+,40-27-/t28-,29-,30-/m1/s1. The van der Waals surface area contributed by atoms with Crippen molar-refractivity contribution >= 4 is 45.4 Å². The minimum atomic E-state index is -1.77. The number of aromatic nitrogens is 4. The van der Waals surface area contributed by atoms with Gasteiger partial charge in [0.2, 0.25) is 0 Å². The van der Waals surface area contributed by atoms with Crippen molar-refractivity contribution in [2.24, 2.45) is 10.2 Å². The van der Waals surface area contributed by atoms with Crippen LogP contribution < -0.4 is 10.9 Å². The normalized spacial score (nSPS) is 14.0. The van der Waals surface area contributed by atoms with Crippen molar-refractivity contribution < 1.29 is 20.4 Å². The molecule has 2 aromatic heterocycles. The fraction of sp³-hybridized carbons (Fsp3) is 0.118. The van der Waals surface area contributed by atoms with Gasteiger partial charge in [0.1, 0.15) is 24.0 Å². The maximum Gasteiger partial charge on any atom is 0.162 e. The number of anilines is 2. The first-order chi connectivity index (χ1) is 22.5. The predicted octanol–water partition coefficient (Wildman–Crippen LogP) is 3.85. The zero-order valence-corrected chi connectivity index (χ0v) is 24.4. The average Bonchev–Trinajstić information content (AvgIpc) is 3.12. The number of aliphatic hydroxyl groups excluding tert-OH is 4. The summed E-state index contributed by atoms with van der Waals surface area (Å²) < 4.78 is 0. The van der Waals surface area contributed by atoms with E-state index in [2.05, 4.69) is 41.0 Å². The molecule has 0 radical (unpaired) electrons. The molecule has 0 aliphatic carbocycles. The number of fused-ring (bicyclic) bond motifs is 2. The lowest BCUT2D eigenvalue weighted by atomic mass is 10.0. The minimum absolute atomic E-state index is 0.168. The highest BCUT2D eigenvalue weighted by Gasteiger charge is 2.28. The molecule has 12 heteroatoms. The number of nitrogens with one attached hydrogen (secondary N) is 2. The van der Waals surface area contributed by atoms with E-state index in [0.717, 1.165) is 11.1 Å². The Morgan fingerprint density at radius 3 is 1.63 bits per heavy atom. The van der Waals surface area contributed by atoms with Gasteiger partial charge in [0.15, 0.2) is 23.3 Å². The number of benzene rings is 4. The maximum absolute atomic E-state index is 11.0. The monoisotopic (exact) mass is 614 g/mol. The first-order valence-electron chi connectivity index (χ1n) is 14.4. The van der Waals surface area contributed by atoms with Crippen LogP contribution >= 0.6 is 0 Å². The molecule has 0 saturated heterocycles. The molecule has 6 rings (SSSR count). The Bertz CT molecular complexity index is 2010. The lowest BCUT2D eigenvalue weighted by Gasteiger charge is -2.21. The predicted molar refractivity (Wildman–Crippen MR) is 178 cm³/mol. The van der Waals surface area contributed by atoms with Crippen LogP contribution in [0.3, 0.4) is 0 Å². The Labute approximate surface area is 263 Å². The summed E-state index contributed by atoms with van der Waals surface area (Å²) in [5.41, 5.74) is 8.57. The highest BCUT2D eigenvalue weighted by molar-refractivity contribution is 6.33. The third-order valence-corrected chi connectivity index (χ3v) is 7.14. The summed E-state index contributed by atoms with van der Waals surface area (Å²) in [6.07, 6.45) is -3.97. The van der Waals surface area contributed by atoms with Crippen LogP contribution in [0, 0.1) is 0 Å². The largest absolute Gasteiger partial charge is 0.394 e. The molecule has 2 heterocycles. The quantitative estimate of drug-likeness (QED) is 0.0927. The number of hydrogen-bond acceptors (Lipinski definition) is 12. The average molecular weight is 615 g/mol. The second kappa shape index (κ2) is 14.0. The van der Waals surface area contributed by atoms with E-state index in [-0.39, 0.29) is 5.71 Å². The molecule has 0 spiro atoms. The molecule has 6 aromatic rings. The van der Waals surface area contributed by atoms with Crippen molar-refractivity contribution in [1.82, 2.24) is 19.9 Å². The fourth-order valence-corrected chi connectivity index (χ4v) is 4.70. The molecule has 0 aliphatic rings. The van der Waals surface area contributed by atoms with Gasteiger partial charge in [0.05, 0.1) is 23.9 Å². The first-order valence-corrected chi connectivity index (χ1v) is 14.4. The molecule has 4 aromatic carbocycles. The number of hydrazone groups is 2. The Hall–Kier alpha value is -5.66. The van der Waals surface area contributed by atoms with E-state index >= 15 is 0 Å². The summed E-state index contributed by atoms with van der Waals surface area (Å²) in [5.74, 6) is 1.67. The van der Waals surface area contributed by atoms with Gasteiger partial charge in [-0.2, -0.15) is 10.2 Å². The molecule has 0 unspecified atom stereocenters. The summed E-state index contributed by atoms with van der Waals surface area (Å²) in [4.78, 5) is 18.7. The Morgan fingerprint density at radius 1 is 0.630 bits per heavy atom. The van der Waals surface area contributed by atoms with E-state index in [9.17, 15) is 20.4 Å². The zero-order chi connectivity index (χ0) is 31.9. The second-order valence-corrected chi connectivity index (χ2v) is 10.3. The summed E-state index contributed by atoms with van der Waals surface area (Å²) in [7, 11) is 0. The van der Waals surface area contributed by atoms with Crippen molar-refractivity contribution in [3.63, 3.8) is 0 Å². The van der Waals surface area contributed by atoms with Crippen molar-refractivity contribution in [2.75, 3.05) is 17.5 Å². The highest BCUT2D eigenvalue weighted by atomic mass is 16.4. The Kier molecular flexibility index (Phi) is 9.22. The van der Waals surface area contributed by atoms with E-state index in [1.54, 1.807) is 0 Å². The highest BCUT2D eigenvalue weighted by Crippen LogP contribution is 2.26. The third kappa shape index (κ3) is 6.70. The van der Waals surface area contributed by atoms with E-state index in [1.807, 2.05) is 109 Å². The molecule has 3 atom stereocenters. The lowest BCUT2D eigenvalue weighted by molar-refractivity contribution is -0.0548. The van der Waals surface area contributed by atoms with E-state index in [4.69, 9.17) is 0 Å². The van der Waals surface area contributed by atoms with Crippen molar-refractivity contribution in [3.05, 3.63) is 109 Å². The van der Waals surface area contributed by atoms with Crippen LogP contribution in [-0.2, 0) is 0 Å². The van der Waals surface area contributed by atoms with Crippen LogP contribution in [0.1, 0.15) is 0 Å².